The molecule has 0 bridgehead atoms. The van der Waals surface area contributed by atoms with E-state index >= 15 is 0 Å². The summed E-state index contributed by atoms with van der Waals surface area (Å²) < 4.78 is 23.0. The van der Waals surface area contributed by atoms with E-state index < -0.39 is 9.84 Å². The number of anilines is 1. The molecular formula is C12H18N2O3S2. The number of rotatable bonds is 5. The molecule has 0 saturated heterocycles. The van der Waals surface area contributed by atoms with Gasteiger partial charge in [-0.05, 0) is 31.4 Å². The van der Waals surface area contributed by atoms with Crippen molar-refractivity contribution in [1.29, 1.82) is 0 Å². The fourth-order valence-electron chi connectivity index (χ4n) is 1.57. The highest BCUT2D eigenvalue weighted by molar-refractivity contribution is 7.98. The molecule has 0 fully saturated rings. The quantitative estimate of drug-likeness (QED) is 0.797. The predicted octanol–water partition coefficient (Wildman–Crippen LogP) is 1.15. The minimum Gasteiger partial charge on any atom is -0.399 e. The van der Waals surface area contributed by atoms with Gasteiger partial charge in [-0.25, -0.2) is 8.42 Å². The zero-order valence-electron chi connectivity index (χ0n) is 11.1. The molecule has 0 spiro atoms. The van der Waals surface area contributed by atoms with E-state index in [4.69, 9.17) is 5.73 Å². The molecule has 3 N–H and O–H groups in total. The molecule has 0 aromatic heterocycles. The predicted molar refractivity (Wildman–Crippen MR) is 79.3 cm³/mol. The Balaban J connectivity index is 3.01. The van der Waals surface area contributed by atoms with Gasteiger partial charge in [0.15, 0.2) is 9.84 Å². The van der Waals surface area contributed by atoms with Crippen LogP contribution in [0.5, 0.6) is 0 Å². The lowest BCUT2D eigenvalue weighted by Gasteiger charge is -2.13. The largest absolute Gasteiger partial charge is 0.399 e. The van der Waals surface area contributed by atoms with Crippen molar-refractivity contribution < 1.29 is 13.2 Å². The van der Waals surface area contributed by atoms with Gasteiger partial charge in [0.25, 0.3) is 5.91 Å². The molecule has 0 saturated carbocycles. The number of nitrogens with two attached hydrogens (primary N) is 1. The molecule has 0 radical (unpaired) electrons. The first-order chi connectivity index (χ1) is 8.74. The number of amides is 1. The fourth-order valence-corrected chi connectivity index (χ4v) is 2.84. The Morgan fingerprint density at radius 1 is 1.42 bits per heavy atom. The van der Waals surface area contributed by atoms with Crippen LogP contribution in [-0.4, -0.2) is 38.6 Å². The Morgan fingerprint density at radius 3 is 2.58 bits per heavy atom. The average Bonchev–Trinajstić information content (AvgIpc) is 2.27. The molecule has 5 nitrogen and oxygen atoms in total. The first kappa shape index (κ1) is 15.8. The summed E-state index contributed by atoms with van der Waals surface area (Å²) in [4.78, 5) is 12.0. The van der Waals surface area contributed by atoms with Gasteiger partial charge >= 0.3 is 0 Å². The van der Waals surface area contributed by atoms with Gasteiger partial charge in [-0.15, -0.1) is 0 Å². The molecule has 0 aliphatic rings. The number of thioether (sulfide) groups is 1. The average molecular weight is 302 g/mol. The standard InChI is InChI=1S/C12H18N2O3S2/c1-8(7-18-2)14-12(15)9-4-10(13)6-11(5-9)19(3,16)17/h4-6,8H,7,13H2,1-3H3,(H,14,15). The number of hydrogen-bond acceptors (Lipinski definition) is 5. The van der Waals surface area contributed by atoms with Crippen molar-refractivity contribution >= 4 is 33.2 Å². The number of sulfone groups is 1. The highest BCUT2D eigenvalue weighted by Gasteiger charge is 2.14. The van der Waals surface area contributed by atoms with Crippen LogP contribution in [0, 0.1) is 0 Å². The van der Waals surface area contributed by atoms with Crippen LogP contribution in [0.25, 0.3) is 0 Å². The summed E-state index contributed by atoms with van der Waals surface area (Å²) in [6, 6.07) is 4.16. The van der Waals surface area contributed by atoms with Gasteiger partial charge < -0.3 is 11.1 Å². The smallest absolute Gasteiger partial charge is 0.251 e. The minimum absolute atomic E-state index is 0.00520. The molecule has 106 valence electrons. The lowest BCUT2D eigenvalue weighted by atomic mass is 10.2. The van der Waals surface area contributed by atoms with Crippen LogP contribution in [0.2, 0.25) is 0 Å². The van der Waals surface area contributed by atoms with E-state index in [0.29, 0.717) is 0 Å². The van der Waals surface area contributed by atoms with Crippen LogP contribution in [0.15, 0.2) is 23.1 Å². The Labute approximate surface area is 117 Å². The second kappa shape index (κ2) is 6.29. The van der Waals surface area contributed by atoms with E-state index in [1.54, 1.807) is 11.8 Å². The first-order valence-electron chi connectivity index (χ1n) is 5.64. The van der Waals surface area contributed by atoms with Gasteiger partial charge in [-0.1, -0.05) is 0 Å². The molecule has 1 atom stereocenters. The Morgan fingerprint density at radius 2 is 2.05 bits per heavy atom. The summed E-state index contributed by atoms with van der Waals surface area (Å²) >= 11 is 1.62. The van der Waals surface area contributed by atoms with Crippen molar-refractivity contribution in [3.63, 3.8) is 0 Å². The molecule has 1 amide bonds. The Bertz CT molecular complexity index is 570. The van der Waals surface area contributed by atoms with Gasteiger partial charge in [-0.2, -0.15) is 11.8 Å². The Kier molecular flexibility index (Phi) is 5.25. The zero-order valence-corrected chi connectivity index (χ0v) is 12.8. The van der Waals surface area contributed by atoms with E-state index in [1.165, 1.54) is 18.2 Å². The third-order valence-corrected chi connectivity index (χ3v) is 4.34. The van der Waals surface area contributed by atoms with Crippen molar-refractivity contribution in [2.24, 2.45) is 0 Å². The summed E-state index contributed by atoms with van der Waals surface area (Å²) in [5, 5.41) is 2.79. The molecule has 19 heavy (non-hydrogen) atoms. The van der Waals surface area contributed by atoms with Crippen molar-refractivity contribution in [2.75, 3.05) is 24.0 Å². The molecule has 1 rings (SSSR count). The first-order valence-corrected chi connectivity index (χ1v) is 8.93. The van der Waals surface area contributed by atoms with E-state index in [1.807, 2.05) is 13.2 Å². The molecule has 1 unspecified atom stereocenters. The molecule has 0 aliphatic heterocycles. The maximum absolute atomic E-state index is 12.0. The van der Waals surface area contributed by atoms with Crippen molar-refractivity contribution in [3.05, 3.63) is 23.8 Å². The second-order valence-electron chi connectivity index (χ2n) is 4.39. The number of benzene rings is 1. The van der Waals surface area contributed by atoms with Crippen LogP contribution >= 0.6 is 11.8 Å². The van der Waals surface area contributed by atoms with Gasteiger partial charge in [0.05, 0.1) is 4.90 Å². The van der Waals surface area contributed by atoms with E-state index in [9.17, 15) is 13.2 Å². The van der Waals surface area contributed by atoms with Crippen LogP contribution in [0.1, 0.15) is 17.3 Å². The van der Waals surface area contributed by atoms with Crippen molar-refractivity contribution in [3.8, 4) is 0 Å². The lowest BCUT2D eigenvalue weighted by molar-refractivity contribution is 0.0943. The number of hydrogen-bond donors (Lipinski definition) is 2. The number of nitrogens with one attached hydrogen (secondary N) is 1. The van der Waals surface area contributed by atoms with Gasteiger partial charge in [0, 0.05) is 29.3 Å². The molecule has 1 aromatic rings. The van der Waals surface area contributed by atoms with Gasteiger partial charge in [0.2, 0.25) is 0 Å². The molecule has 7 heteroatoms. The van der Waals surface area contributed by atoms with Crippen LogP contribution in [0.4, 0.5) is 5.69 Å². The summed E-state index contributed by atoms with van der Waals surface area (Å²) in [6.45, 7) is 1.89. The number of carbonyl (C=O) groups is 1. The van der Waals surface area contributed by atoms with Crippen LogP contribution in [-0.2, 0) is 9.84 Å². The van der Waals surface area contributed by atoms with Crippen LogP contribution in [0.3, 0.4) is 0 Å². The van der Waals surface area contributed by atoms with E-state index in [0.717, 1.165) is 12.0 Å². The number of nitrogen functional groups attached to an aromatic ring is 1. The monoisotopic (exact) mass is 302 g/mol. The minimum atomic E-state index is -3.38. The van der Waals surface area contributed by atoms with Gasteiger partial charge in [0.1, 0.15) is 0 Å². The highest BCUT2D eigenvalue weighted by atomic mass is 32.2. The summed E-state index contributed by atoms with van der Waals surface area (Å²) in [6.07, 6.45) is 3.03. The van der Waals surface area contributed by atoms with E-state index in [2.05, 4.69) is 5.32 Å². The molecule has 0 aliphatic carbocycles. The Hall–Kier alpha value is -1.21. The maximum atomic E-state index is 12.0. The summed E-state index contributed by atoms with van der Waals surface area (Å²) in [5.74, 6) is 0.464. The van der Waals surface area contributed by atoms with Crippen molar-refractivity contribution in [2.45, 2.75) is 17.9 Å². The number of carbonyl (C=O) groups excluding carboxylic acids is 1. The van der Waals surface area contributed by atoms with Gasteiger partial charge in [-0.3, -0.25) is 4.79 Å². The maximum Gasteiger partial charge on any atom is 0.251 e. The summed E-state index contributed by atoms with van der Waals surface area (Å²) in [7, 11) is -3.38. The lowest BCUT2D eigenvalue weighted by Crippen LogP contribution is -2.34. The van der Waals surface area contributed by atoms with E-state index in [-0.39, 0.29) is 28.1 Å². The molecule has 0 heterocycles. The normalized spacial score (nSPS) is 13.0. The van der Waals surface area contributed by atoms with Crippen LogP contribution < -0.4 is 11.1 Å². The highest BCUT2D eigenvalue weighted by Crippen LogP contribution is 2.17. The molecule has 1 aromatic carbocycles. The second-order valence-corrected chi connectivity index (χ2v) is 7.32. The third kappa shape index (κ3) is 4.76. The topological polar surface area (TPSA) is 89.3 Å². The third-order valence-electron chi connectivity index (χ3n) is 2.41. The fraction of sp³-hybridized carbons (Fsp3) is 0.417. The molecular weight excluding hydrogens is 284 g/mol. The SMILES string of the molecule is CSCC(C)NC(=O)c1cc(N)cc(S(C)(=O)=O)c1. The summed E-state index contributed by atoms with van der Waals surface area (Å²) in [5.41, 5.74) is 6.15. The zero-order chi connectivity index (χ0) is 14.6. The van der Waals surface area contributed by atoms with Crippen molar-refractivity contribution in [1.82, 2.24) is 5.32 Å².